The smallest absolute Gasteiger partial charge is 0.142 e. The first-order chi connectivity index (χ1) is 9.58. The van der Waals surface area contributed by atoms with Crippen LogP contribution in [0.2, 0.25) is 5.02 Å². The molecule has 0 radical (unpaired) electrons. The summed E-state index contributed by atoms with van der Waals surface area (Å²) in [6, 6.07) is 4.53. The lowest BCUT2D eigenvalue weighted by atomic mass is 9.91. The summed E-state index contributed by atoms with van der Waals surface area (Å²) in [5.74, 6) is 0.755. The predicted molar refractivity (Wildman–Crippen MR) is 80.5 cm³/mol. The summed E-state index contributed by atoms with van der Waals surface area (Å²) < 4.78 is 5.67. The van der Waals surface area contributed by atoms with Crippen molar-refractivity contribution >= 4 is 11.6 Å². The van der Waals surface area contributed by atoms with E-state index in [9.17, 15) is 5.11 Å². The third kappa shape index (κ3) is 2.43. The van der Waals surface area contributed by atoms with E-state index in [0.717, 1.165) is 23.4 Å². The molecule has 1 N–H and O–H groups in total. The number of benzene rings is 1. The molecule has 0 aromatic heterocycles. The number of hydrogen-bond acceptors (Lipinski definition) is 3. The molecular weight excluding hydrogens is 274 g/mol. The molecule has 1 saturated heterocycles. The van der Waals surface area contributed by atoms with Gasteiger partial charge in [-0.3, -0.25) is 4.90 Å². The number of hydrogen-bond donors (Lipinski definition) is 1. The zero-order chi connectivity index (χ0) is 14.3. The molecule has 3 atom stereocenters. The van der Waals surface area contributed by atoms with Crippen LogP contribution < -0.4 is 4.74 Å². The van der Waals surface area contributed by atoms with E-state index in [0.29, 0.717) is 17.7 Å². The second-order valence-electron chi connectivity index (χ2n) is 6.07. The number of aliphatic hydroxyl groups excluding tert-OH is 1. The van der Waals surface area contributed by atoms with Gasteiger partial charge in [-0.1, -0.05) is 24.1 Å². The number of rotatable bonds is 1. The topological polar surface area (TPSA) is 32.7 Å². The first-order valence-electron chi connectivity index (χ1n) is 7.44. The SMILES string of the molecule is Cc1cc(Cl)c2c(c1)C(N1CCCCC1C)C(O)CO2. The van der Waals surface area contributed by atoms with Crippen LogP contribution >= 0.6 is 11.6 Å². The lowest BCUT2D eigenvalue weighted by Crippen LogP contribution is -2.48. The number of piperidine rings is 1. The fraction of sp³-hybridized carbons (Fsp3) is 0.625. The van der Waals surface area contributed by atoms with Crippen LogP contribution in [0.4, 0.5) is 0 Å². The molecule has 1 fully saturated rings. The molecule has 0 aliphatic carbocycles. The van der Waals surface area contributed by atoms with Crippen LogP contribution in [0, 0.1) is 6.92 Å². The second kappa shape index (κ2) is 5.55. The zero-order valence-corrected chi connectivity index (χ0v) is 12.9. The highest BCUT2D eigenvalue weighted by molar-refractivity contribution is 6.32. The average molecular weight is 296 g/mol. The molecule has 0 spiro atoms. The Labute approximate surface area is 125 Å². The Balaban J connectivity index is 2.02. The van der Waals surface area contributed by atoms with Crippen molar-refractivity contribution in [2.45, 2.75) is 51.3 Å². The van der Waals surface area contributed by atoms with Crippen LogP contribution in [0.1, 0.15) is 43.4 Å². The highest BCUT2D eigenvalue weighted by Gasteiger charge is 2.38. The highest BCUT2D eigenvalue weighted by Crippen LogP contribution is 2.43. The van der Waals surface area contributed by atoms with E-state index in [1.165, 1.54) is 19.3 Å². The molecule has 2 aliphatic heterocycles. The van der Waals surface area contributed by atoms with Gasteiger partial charge in [0.25, 0.3) is 0 Å². The molecule has 0 bridgehead atoms. The van der Waals surface area contributed by atoms with Crippen molar-refractivity contribution in [2.24, 2.45) is 0 Å². The Kier molecular flexibility index (Phi) is 3.93. The second-order valence-corrected chi connectivity index (χ2v) is 6.48. The van der Waals surface area contributed by atoms with Gasteiger partial charge in [-0.05, 0) is 44.9 Å². The Morgan fingerprint density at radius 3 is 2.90 bits per heavy atom. The Morgan fingerprint density at radius 2 is 2.15 bits per heavy atom. The number of aliphatic hydroxyl groups is 1. The van der Waals surface area contributed by atoms with Crippen LogP contribution in [0.5, 0.6) is 5.75 Å². The van der Waals surface area contributed by atoms with Crippen molar-refractivity contribution in [1.82, 2.24) is 4.90 Å². The van der Waals surface area contributed by atoms with Crippen LogP contribution in [0.25, 0.3) is 0 Å². The molecule has 2 aliphatic rings. The standard InChI is InChI=1S/C16H22ClNO2/c1-10-7-12-15(18-6-4-3-5-11(18)2)14(19)9-20-16(12)13(17)8-10/h7-8,11,14-15,19H,3-6,9H2,1-2H3. The minimum atomic E-state index is -0.485. The Hall–Kier alpha value is -0.770. The van der Waals surface area contributed by atoms with E-state index in [4.69, 9.17) is 16.3 Å². The first-order valence-corrected chi connectivity index (χ1v) is 7.82. The molecule has 4 heteroatoms. The van der Waals surface area contributed by atoms with Crippen molar-refractivity contribution in [1.29, 1.82) is 0 Å². The third-order valence-electron chi connectivity index (χ3n) is 4.51. The maximum atomic E-state index is 10.5. The fourth-order valence-corrected chi connectivity index (χ4v) is 3.86. The summed E-state index contributed by atoms with van der Waals surface area (Å²) in [5, 5.41) is 11.1. The van der Waals surface area contributed by atoms with Gasteiger partial charge >= 0.3 is 0 Å². The van der Waals surface area contributed by atoms with E-state index >= 15 is 0 Å². The van der Waals surface area contributed by atoms with Gasteiger partial charge in [-0.15, -0.1) is 0 Å². The normalized spacial score (nSPS) is 30.7. The molecule has 0 amide bonds. The van der Waals surface area contributed by atoms with Crippen molar-refractivity contribution in [3.8, 4) is 5.75 Å². The molecule has 1 aromatic rings. The van der Waals surface area contributed by atoms with Gasteiger partial charge in [-0.2, -0.15) is 0 Å². The van der Waals surface area contributed by atoms with E-state index in [1.54, 1.807) is 0 Å². The first kappa shape index (κ1) is 14.2. The summed E-state index contributed by atoms with van der Waals surface area (Å²) in [4.78, 5) is 2.42. The largest absolute Gasteiger partial charge is 0.489 e. The van der Waals surface area contributed by atoms with Gasteiger partial charge in [0.05, 0.1) is 11.1 Å². The number of halogens is 1. The van der Waals surface area contributed by atoms with E-state index in [-0.39, 0.29) is 6.04 Å². The van der Waals surface area contributed by atoms with Crippen LogP contribution in [-0.4, -0.2) is 35.3 Å². The number of ether oxygens (including phenoxy) is 1. The maximum absolute atomic E-state index is 10.5. The summed E-state index contributed by atoms with van der Waals surface area (Å²) in [6.45, 7) is 5.64. The highest BCUT2D eigenvalue weighted by atomic mass is 35.5. The maximum Gasteiger partial charge on any atom is 0.142 e. The monoisotopic (exact) mass is 295 g/mol. The lowest BCUT2D eigenvalue weighted by Gasteiger charge is -2.44. The number of fused-ring (bicyclic) bond motifs is 1. The van der Waals surface area contributed by atoms with Gasteiger partial charge < -0.3 is 9.84 Å². The molecule has 3 nitrogen and oxygen atoms in total. The van der Waals surface area contributed by atoms with Crippen LogP contribution in [0.3, 0.4) is 0 Å². The van der Waals surface area contributed by atoms with Gasteiger partial charge in [0.2, 0.25) is 0 Å². The van der Waals surface area contributed by atoms with Crippen molar-refractivity contribution < 1.29 is 9.84 Å². The summed E-state index contributed by atoms with van der Waals surface area (Å²) in [5.41, 5.74) is 2.16. The van der Waals surface area contributed by atoms with Crippen molar-refractivity contribution in [3.63, 3.8) is 0 Å². The summed E-state index contributed by atoms with van der Waals surface area (Å²) >= 11 is 6.31. The number of likely N-dealkylation sites (tertiary alicyclic amines) is 1. The quantitative estimate of drug-likeness (QED) is 0.863. The molecule has 0 saturated carbocycles. The van der Waals surface area contributed by atoms with E-state index < -0.39 is 6.10 Å². The zero-order valence-electron chi connectivity index (χ0n) is 12.1. The minimum absolute atomic E-state index is 0.00597. The molecule has 110 valence electrons. The Bertz CT molecular complexity index is 505. The fourth-order valence-electron chi connectivity index (χ4n) is 3.53. The molecule has 3 unspecified atom stereocenters. The van der Waals surface area contributed by atoms with Gasteiger partial charge in [0, 0.05) is 11.6 Å². The Morgan fingerprint density at radius 1 is 1.35 bits per heavy atom. The van der Waals surface area contributed by atoms with E-state index in [1.807, 2.05) is 13.0 Å². The molecule has 1 aromatic carbocycles. The van der Waals surface area contributed by atoms with Crippen LogP contribution in [-0.2, 0) is 0 Å². The van der Waals surface area contributed by atoms with Crippen molar-refractivity contribution in [3.05, 3.63) is 28.3 Å². The minimum Gasteiger partial charge on any atom is -0.489 e. The molecule has 2 heterocycles. The van der Waals surface area contributed by atoms with Gasteiger partial charge in [0.1, 0.15) is 18.5 Å². The van der Waals surface area contributed by atoms with Crippen molar-refractivity contribution in [2.75, 3.05) is 13.2 Å². The van der Waals surface area contributed by atoms with Crippen LogP contribution in [0.15, 0.2) is 12.1 Å². The average Bonchev–Trinajstić information content (AvgIpc) is 2.39. The lowest BCUT2D eigenvalue weighted by molar-refractivity contribution is -0.0247. The summed E-state index contributed by atoms with van der Waals surface area (Å²) in [6.07, 6.45) is 3.18. The number of nitrogens with zero attached hydrogens (tertiary/aromatic N) is 1. The third-order valence-corrected chi connectivity index (χ3v) is 4.79. The summed E-state index contributed by atoms with van der Waals surface area (Å²) in [7, 11) is 0. The van der Waals surface area contributed by atoms with Gasteiger partial charge in [-0.25, -0.2) is 0 Å². The molecular formula is C16H22ClNO2. The molecule has 3 rings (SSSR count). The van der Waals surface area contributed by atoms with Gasteiger partial charge in [0.15, 0.2) is 0 Å². The predicted octanol–water partition coefficient (Wildman–Crippen LogP) is 3.32. The molecule has 20 heavy (non-hydrogen) atoms. The van der Waals surface area contributed by atoms with E-state index in [2.05, 4.69) is 17.9 Å². The number of aryl methyl sites for hydroxylation is 1.